The standard InChI is InChI=1S/C29H34ClF3N2O4/c1-28(17-39-21-8-9-22(24(30)15-21)26(36)34(2)3)16-23(28)18-10-12-35(13-11-18)27(37)25(29(31,32)33)19-6-5-7-20(14-19)38-4/h5-9,14-15,18,23,25H,10-13,16-17H2,1-4H3. The summed E-state index contributed by atoms with van der Waals surface area (Å²) in [5.74, 6) is -1.76. The predicted molar refractivity (Wildman–Crippen MR) is 142 cm³/mol. The molecule has 3 unspecified atom stereocenters. The Morgan fingerprint density at radius 2 is 1.82 bits per heavy atom. The van der Waals surface area contributed by atoms with E-state index in [1.165, 1.54) is 35.1 Å². The summed E-state index contributed by atoms with van der Waals surface area (Å²) in [7, 11) is 4.70. The van der Waals surface area contributed by atoms with Crippen molar-refractivity contribution in [2.24, 2.45) is 17.3 Å². The molecule has 1 heterocycles. The Hall–Kier alpha value is -2.94. The van der Waals surface area contributed by atoms with Gasteiger partial charge in [0.15, 0.2) is 5.92 Å². The number of hydrogen-bond donors (Lipinski definition) is 0. The Bertz CT molecular complexity index is 1210. The van der Waals surface area contributed by atoms with E-state index in [-0.39, 0.29) is 22.6 Å². The van der Waals surface area contributed by atoms with Gasteiger partial charge < -0.3 is 19.3 Å². The summed E-state index contributed by atoms with van der Waals surface area (Å²) in [6, 6.07) is 10.6. The highest BCUT2D eigenvalue weighted by Crippen LogP contribution is 2.58. The fourth-order valence-electron chi connectivity index (χ4n) is 5.59. The number of carbonyl (C=O) groups excluding carboxylic acids is 2. The van der Waals surface area contributed by atoms with Crippen molar-refractivity contribution in [1.82, 2.24) is 9.80 Å². The lowest BCUT2D eigenvalue weighted by molar-refractivity contribution is -0.173. The first-order valence-corrected chi connectivity index (χ1v) is 13.4. The maximum Gasteiger partial charge on any atom is 0.404 e. The molecule has 212 valence electrons. The zero-order chi connectivity index (χ0) is 28.5. The molecule has 2 aromatic carbocycles. The Morgan fingerprint density at radius 1 is 1.13 bits per heavy atom. The fraction of sp³-hybridized carbons (Fsp3) is 0.517. The van der Waals surface area contributed by atoms with Crippen LogP contribution in [0.2, 0.25) is 5.02 Å². The van der Waals surface area contributed by atoms with Crippen LogP contribution in [-0.4, -0.2) is 68.7 Å². The third-order valence-electron chi connectivity index (χ3n) is 7.99. The van der Waals surface area contributed by atoms with E-state index < -0.39 is 18.0 Å². The van der Waals surface area contributed by atoms with Gasteiger partial charge in [-0.15, -0.1) is 0 Å². The van der Waals surface area contributed by atoms with E-state index in [1.807, 2.05) is 0 Å². The number of alkyl halides is 3. The van der Waals surface area contributed by atoms with Crippen molar-refractivity contribution in [3.8, 4) is 11.5 Å². The number of rotatable bonds is 8. The second kappa shape index (κ2) is 11.3. The minimum atomic E-state index is -4.70. The van der Waals surface area contributed by atoms with E-state index in [2.05, 4.69) is 6.92 Å². The average Bonchev–Trinajstić information content (AvgIpc) is 3.58. The van der Waals surface area contributed by atoms with Gasteiger partial charge in [-0.05, 0) is 67.0 Å². The highest BCUT2D eigenvalue weighted by Gasteiger charge is 2.55. The highest BCUT2D eigenvalue weighted by atomic mass is 35.5. The van der Waals surface area contributed by atoms with Crippen molar-refractivity contribution in [3.05, 3.63) is 58.6 Å². The third kappa shape index (κ3) is 6.45. The maximum absolute atomic E-state index is 14.0. The molecular formula is C29H34ClF3N2O4. The van der Waals surface area contributed by atoms with Crippen LogP contribution in [0.1, 0.15) is 48.0 Å². The van der Waals surface area contributed by atoms with Crippen LogP contribution in [0.15, 0.2) is 42.5 Å². The summed E-state index contributed by atoms with van der Waals surface area (Å²) in [5.41, 5.74) is 0.237. The van der Waals surface area contributed by atoms with E-state index in [0.29, 0.717) is 60.7 Å². The largest absolute Gasteiger partial charge is 0.497 e. The monoisotopic (exact) mass is 566 g/mol. The zero-order valence-electron chi connectivity index (χ0n) is 22.6. The molecule has 6 nitrogen and oxygen atoms in total. The van der Waals surface area contributed by atoms with Crippen LogP contribution in [0.4, 0.5) is 13.2 Å². The molecule has 2 fully saturated rings. The lowest BCUT2D eigenvalue weighted by Gasteiger charge is -2.35. The molecule has 2 amide bonds. The Balaban J connectivity index is 1.33. The molecule has 10 heteroatoms. The van der Waals surface area contributed by atoms with Gasteiger partial charge in [-0.3, -0.25) is 9.59 Å². The smallest absolute Gasteiger partial charge is 0.404 e. The Morgan fingerprint density at radius 3 is 2.41 bits per heavy atom. The number of ether oxygens (including phenoxy) is 2. The van der Waals surface area contributed by atoms with Crippen LogP contribution >= 0.6 is 11.6 Å². The van der Waals surface area contributed by atoms with Crippen molar-refractivity contribution in [2.45, 2.75) is 38.3 Å². The van der Waals surface area contributed by atoms with Gasteiger partial charge in [0.1, 0.15) is 11.5 Å². The summed E-state index contributed by atoms with van der Waals surface area (Å²) in [6.45, 7) is 3.21. The zero-order valence-corrected chi connectivity index (χ0v) is 23.3. The van der Waals surface area contributed by atoms with Crippen LogP contribution in [0.3, 0.4) is 0 Å². The van der Waals surface area contributed by atoms with E-state index in [9.17, 15) is 22.8 Å². The summed E-state index contributed by atoms with van der Waals surface area (Å²) < 4.78 is 53.0. The van der Waals surface area contributed by atoms with E-state index in [0.717, 1.165) is 6.42 Å². The number of carbonyl (C=O) groups is 2. The van der Waals surface area contributed by atoms with Gasteiger partial charge in [-0.25, -0.2) is 0 Å². The summed E-state index contributed by atoms with van der Waals surface area (Å²) in [5, 5.41) is 0.326. The minimum Gasteiger partial charge on any atom is -0.497 e. The van der Waals surface area contributed by atoms with Crippen molar-refractivity contribution in [2.75, 3.05) is 40.9 Å². The van der Waals surface area contributed by atoms with Gasteiger partial charge in [0.05, 0.1) is 24.3 Å². The average molecular weight is 567 g/mol. The van der Waals surface area contributed by atoms with Crippen LogP contribution in [0.25, 0.3) is 0 Å². The quantitative estimate of drug-likeness (QED) is 0.391. The molecule has 4 rings (SSSR count). The molecule has 3 atom stereocenters. The summed E-state index contributed by atoms with van der Waals surface area (Å²) in [6.07, 6.45) is -2.44. The lowest BCUT2D eigenvalue weighted by atomic mass is 9.87. The first kappa shape index (κ1) is 29.1. The number of halogens is 4. The molecule has 1 saturated carbocycles. The van der Waals surface area contributed by atoms with Crippen molar-refractivity contribution >= 4 is 23.4 Å². The van der Waals surface area contributed by atoms with Gasteiger partial charge in [0.25, 0.3) is 5.91 Å². The molecule has 0 radical (unpaired) electrons. The second-order valence-corrected chi connectivity index (χ2v) is 11.4. The summed E-state index contributed by atoms with van der Waals surface area (Å²) >= 11 is 6.29. The molecule has 0 bridgehead atoms. The third-order valence-corrected chi connectivity index (χ3v) is 8.30. The number of benzene rings is 2. The van der Waals surface area contributed by atoms with Crippen molar-refractivity contribution < 1.29 is 32.2 Å². The first-order chi connectivity index (χ1) is 18.3. The van der Waals surface area contributed by atoms with Crippen molar-refractivity contribution in [1.29, 1.82) is 0 Å². The molecule has 1 saturated heterocycles. The number of amides is 2. The molecule has 1 aliphatic carbocycles. The molecule has 2 aliphatic rings. The van der Waals surface area contributed by atoms with E-state index >= 15 is 0 Å². The second-order valence-electron chi connectivity index (χ2n) is 11.0. The fourth-order valence-corrected chi connectivity index (χ4v) is 5.84. The number of nitrogens with zero attached hydrogens (tertiary/aromatic N) is 2. The molecule has 0 spiro atoms. The van der Waals surface area contributed by atoms with Crippen molar-refractivity contribution in [3.63, 3.8) is 0 Å². The number of likely N-dealkylation sites (tertiary alicyclic amines) is 1. The Labute approximate surface area is 232 Å². The van der Waals surface area contributed by atoms with Crippen LogP contribution in [0, 0.1) is 17.3 Å². The van der Waals surface area contributed by atoms with Gasteiger partial charge >= 0.3 is 6.18 Å². The highest BCUT2D eigenvalue weighted by molar-refractivity contribution is 6.34. The molecule has 0 aromatic heterocycles. The van der Waals surface area contributed by atoms with Gasteiger partial charge in [-0.2, -0.15) is 13.2 Å². The van der Waals surface area contributed by atoms with Gasteiger partial charge in [-0.1, -0.05) is 30.7 Å². The number of hydrogen-bond acceptors (Lipinski definition) is 4. The molecular weight excluding hydrogens is 533 g/mol. The maximum atomic E-state index is 14.0. The molecule has 0 N–H and O–H groups in total. The predicted octanol–water partition coefficient (Wildman–Crippen LogP) is 6.04. The van der Waals surface area contributed by atoms with Crippen LogP contribution in [-0.2, 0) is 4.79 Å². The Kier molecular flexibility index (Phi) is 8.40. The number of methoxy groups -OCH3 is 1. The van der Waals surface area contributed by atoms with Crippen LogP contribution < -0.4 is 9.47 Å². The first-order valence-electron chi connectivity index (χ1n) is 13.0. The van der Waals surface area contributed by atoms with E-state index in [4.69, 9.17) is 21.1 Å². The summed E-state index contributed by atoms with van der Waals surface area (Å²) in [4.78, 5) is 28.1. The molecule has 1 aliphatic heterocycles. The SMILES string of the molecule is COc1cccc(C(C(=O)N2CCC(C3CC3(C)COc3ccc(C(=O)N(C)C)c(Cl)c3)CC2)C(F)(F)F)c1. The van der Waals surface area contributed by atoms with E-state index in [1.54, 1.807) is 38.4 Å². The molecule has 2 aromatic rings. The lowest BCUT2D eigenvalue weighted by Crippen LogP contribution is -2.45. The van der Waals surface area contributed by atoms with Crippen LogP contribution in [0.5, 0.6) is 11.5 Å². The topological polar surface area (TPSA) is 59.1 Å². The minimum absolute atomic E-state index is 0.0590. The normalized spacial score (nSPS) is 22.3. The van der Waals surface area contributed by atoms with Gasteiger partial charge in [0.2, 0.25) is 5.91 Å². The van der Waals surface area contributed by atoms with Gasteiger partial charge in [0, 0.05) is 32.6 Å². The number of piperidine rings is 1. The molecule has 39 heavy (non-hydrogen) atoms.